The number of nitrogen functional groups attached to an aromatic ring is 4. The SMILES string of the molecule is Nc1ccc(/C=C/c2cc(N)c(/C=C/c3ccc(N)cc3)cc2N)cc1. The Bertz CT molecular complexity index is 871. The van der Waals surface area contributed by atoms with E-state index in [9.17, 15) is 0 Å². The molecule has 3 rings (SSSR count). The van der Waals surface area contributed by atoms with Gasteiger partial charge in [-0.3, -0.25) is 0 Å². The van der Waals surface area contributed by atoms with E-state index in [1.54, 1.807) is 0 Å². The summed E-state index contributed by atoms with van der Waals surface area (Å²) in [6.07, 6.45) is 7.86. The van der Waals surface area contributed by atoms with Gasteiger partial charge in [-0.25, -0.2) is 0 Å². The number of hydrogen-bond acceptors (Lipinski definition) is 4. The highest BCUT2D eigenvalue weighted by Crippen LogP contribution is 2.25. The van der Waals surface area contributed by atoms with Gasteiger partial charge in [0.05, 0.1) is 0 Å². The van der Waals surface area contributed by atoms with Gasteiger partial charge in [-0.05, 0) is 58.7 Å². The maximum absolute atomic E-state index is 6.19. The van der Waals surface area contributed by atoms with Gasteiger partial charge in [-0.15, -0.1) is 0 Å². The van der Waals surface area contributed by atoms with Crippen molar-refractivity contribution < 1.29 is 0 Å². The standard InChI is InChI=1S/C22H22N4/c23-19-9-3-15(4-10-19)1-7-17-13-22(26)18(14-21(17)25)8-2-16-5-11-20(24)12-6-16/h1-14H,23-26H2/b7-1+,8-2+. The third kappa shape index (κ3) is 4.24. The molecule has 0 saturated carbocycles. The smallest absolute Gasteiger partial charge is 0.0395 e. The molecule has 0 unspecified atom stereocenters. The van der Waals surface area contributed by atoms with E-state index in [1.807, 2.05) is 85.0 Å². The summed E-state index contributed by atoms with van der Waals surface area (Å²) in [5.74, 6) is 0. The molecule has 0 heterocycles. The van der Waals surface area contributed by atoms with Crippen LogP contribution in [0.25, 0.3) is 24.3 Å². The number of benzene rings is 3. The van der Waals surface area contributed by atoms with Gasteiger partial charge in [0.2, 0.25) is 0 Å². The minimum atomic E-state index is 0.669. The van der Waals surface area contributed by atoms with Crippen LogP contribution in [0.2, 0.25) is 0 Å². The van der Waals surface area contributed by atoms with E-state index in [0.717, 1.165) is 33.6 Å². The summed E-state index contributed by atoms with van der Waals surface area (Å²) in [6, 6.07) is 19.0. The maximum Gasteiger partial charge on any atom is 0.0395 e. The van der Waals surface area contributed by atoms with E-state index < -0.39 is 0 Å². The zero-order valence-electron chi connectivity index (χ0n) is 14.4. The summed E-state index contributed by atoms with van der Waals surface area (Å²) >= 11 is 0. The number of nitrogens with two attached hydrogens (primary N) is 4. The summed E-state index contributed by atoms with van der Waals surface area (Å²) in [6.45, 7) is 0. The monoisotopic (exact) mass is 342 g/mol. The molecule has 0 aromatic heterocycles. The van der Waals surface area contributed by atoms with Crippen LogP contribution in [0, 0.1) is 0 Å². The Labute approximate surface area is 153 Å². The van der Waals surface area contributed by atoms with Crippen molar-refractivity contribution in [1.29, 1.82) is 0 Å². The second-order valence-electron chi connectivity index (χ2n) is 6.11. The highest BCUT2D eigenvalue weighted by molar-refractivity contribution is 5.84. The lowest BCUT2D eigenvalue weighted by Crippen LogP contribution is -1.96. The van der Waals surface area contributed by atoms with Gasteiger partial charge in [0, 0.05) is 22.7 Å². The Hall–Kier alpha value is -3.66. The van der Waals surface area contributed by atoms with Crippen molar-refractivity contribution in [2.24, 2.45) is 0 Å². The zero-order chi connectivity index (χ0) is 18.5. The quantitative estimate of drug-likeness (QED) is 0.418. The number of anilines is 4. The third-order valence-electron chi connectivity index (χ3n) is 4.07. The van der Waals surface area contributed by atoms with Crippen LogP contribution in [0.5, 0.6) is 0 Å². The molecular weight excluding hydrogens is 320 g/mol. The van der Waals surface area contributed by atoms with Gasteiger partial charge in [-0.2, -0.15) is 0 Å². The van der Waals surface area contributed by atoms with Crippen molar-refractivity contribution in [3.63, 3.8) is 0 Å². The van der Waals surface area contributed by atoms with Gasteiger partial charge in [0.1, 0.15) is 0 Å². The molecule has 0 fully saturated rings. The molecule has 0 aliphatic carbocycles. The van der Waals surface area contributed by atoms with E-state index in [2.05, 4.69) is 0 Å². The molecular formula is C22H22N4. The van der Waals surface area contributed by atoms with Crippen LogP contribution in [0.3, 0.4) is 0 Å². The Kier molecular flexibility index (Phi) is 4.94. The molecule has 0 aliphatic rings. The molecule has 3 aromatic carbocycles. The van der Waals surface area contributed by atoms with Crippen LogP contribution in [-0.4, -0.2) is 0 Å². The molecule has 130 valence electrons. The maximum atomic E-state index is 6.19. The van der Waals surface area contributed by atoms with Crippen molar-refractivity contribution in [1.82, 2.24) is 0 Å². The summed E-state index contributed by atoms with van der Waals surface area (Å²) in [7, 11) is 0. The molecule has 0 aliphatic heterocycles. The molecule has 0 amide bonds. The minimum Gasteiger partial charge on any atom is -0.399 e. The topological polar surface area (TPSA) is 104 Å². The normalized spacial score (nSPS) is 11.4. The van der Waals surface area contributed by atoms with Gasteiger partial charge in [0.25, 0.3) is 0 Å². The summed E-state index contributed by atoms with van der Waals surface area (Å²) in [5.41, 5.74) is 30.4. The lowest BCUT2D eigenvalue weighted by Gasteiger charge is -2.07. The summed E-state index contributed by atoms with van der Waals surface area (Å²) in [5, 5.41) is 0. The molecule has 0 radical (unpaired) electrons. The highest BCUT2D eigenvalue weighted by Gasteiger charge is 2.02. The van der Waals surface area contributed by atoms with Crippen LogP contribution in [0.1, 0.15) is 22.3 Å². The molecule has 0 atom stereocenters. The molecule has 4 heteroatoms. The fraction of sp³-hybridized carbons (Fsp3) is 0. The van der Waals surface area contributed by atoms with Crippen molar-refractivity contribution in [3.8, 4) is 0 Å². The largest absolute Gasteiger partial charge is 0.399 e. The van der Waals surface area contributed by atoms with Crippen molar-refractivity contribution in [2.45, 2.75) is 0 Å². The average Bonchev–Trinajstić information content (AvgIpc) is 2.63. The van der Waals surface area contributed by atoms with E-state index in [-0.39, 0.29) is 0 Å². The molecule has 0 bridgehead atoms. The van der Waals surface area contributed by atoms with E-state index in [1.165, 1.54) is 0 Å². The third-order valence-corrected chi connectivity index (χ3v) is 4.07. The first-order chi connectivity index (χ1) is 12.5. The second-order valence-corrected chi connectivity index (χ2v) is 6.11. The Morgan fingerprint density at radius 1 is 0.462 bits per heavy atom. The lowest BCUT2D eigenvalue weighted by atomic mass is 10.0. The first kappa shape index (κ1) is 17.2. The van der Waals surface area contributed by atoms with Crippen LogP contribution < -0.4 is 22.9 Å². The molecule has 0 spiro atoms. The summed E-state index contributed by atoms with van der Waals surface area (Å²) < 4.78 is 0. The van der Waals surface area contributed by atoms with Gasteiger partial charge in [-0.1, -0.05) is 48.6 Å². The van der Waals surface area contributed by atoms with Crippen LogP contribution >= 0.6 is 0 Å². The Morgan fingerprint density at radius 2 is 0.808 bits per heavy atom. The molecule has 26 heavy (non-hydrogen) atoms. The van der Waals surface area contributed by atoms with Gasteiger partial charge < -0.3 is 22.9 Å². The predicted molar refractivity (Wildman–Crippen MR) is 115 cm³/mol. The van der Waals surface area contributed by atoms with Crippen molar-refractivity contribution in [2.75, 3.05) is 22.9 Å². The second kappa shape index (κ2) is 7.49. The number of rotatable bonds is 4. The first-order valence-corrected chi connectivity index (χ1v) is 8.27. The molecule has 3 aromatic rings. The van der Waals surface area contributed by atoms with Crippen LogP contribution in [-0.2, 0) is 0 Å². The highest BCUT2D eigenvalue weighted by atomic mass is 14.6. The Morgan fingerprint density at radius 3 is 1.15 bits per heavy atom. The van der Waals surface area contributed by atoms with E-state index >= 15 is 0 Å². The van der Waals surface area contributed by atoms with Gasteiger partial charge >= 0.3 is 0 Å². The minimum absolute atomic E-state index is 0.669. The average molecular weight is 342 g/mol. The summed E-state index contributed by atoms with van der Waals surface area (Å²) in [4.78, 5) is 0. The molecule has 0 saturated heterocycles. The van der Waals surface area contributed by atoms with Crippen LogP contribution in [0.4, 0.5) is 22.7 Å². The predicted octanol–water partition coefficient (Wildman–Crippen LogP) is 4.36. The first-order valence-electron chi connectivity index (χ1n) is 8.27. The van der Waals surface area contributed by atoms with Crippen molar-refractivity contribution in [3.05, 3.63) is 82.9 Å². The van der Waals surface area contributed by atoms with Gasteiger partial charge in [0.15, 0.2) is 0 Å². The molecule has 4 nitrogen and oxygen atoms in total. The van der Waals surface area contributed by atoms with E-state index in [4.69, 9.17) is 22.9 Å². The van der Waals surface area contributed by atoms with E-state index in [0.29, 0.717) is 11.4 Å². The van der Waals surface area contributed by atoms with Crippen molar-refractivity contribution >= 4 is 47.1 Å². The molecule has 8 N–H and O–H groups in total. The fourth-order valence-corrected chi connectivity index (χ4v) is 2.54. The fourth-order valence-electron chi connectivity index (χ4n) is 2.54. The number of hydrogen-bond donors (Lipinski definition) is 4. The lowest BCUT2D eigenvalue weighted by molar-refractivity contribution is 1.59. The Balaban J connectivity index is 1.81. The van der Waals surface area contributed by atoms with Crippen LogP contribution in [0.15, 0.2) is 60.7 Å². The zero-order valence-corrected chi connectivity index (χ0v) is 14.4.